The second-order valence-electron chi connectivity index (χ2n) is 12.4. The molecule has 1 saturated heterocycles. The summed E-state index contributed by atoms with van der Waals surface area (Å²) in [6.45, 7) is 17.1. The lowest BCUT2D eigenvalue weighted by Gasteiger charge is -2.37. The van der Waals surface area contributed by atoms with Crippen molar-refractivity contribution < 1.29 is 5.11 Å². The summed E-state index contributed by atoms with van der Waals surface area (Å²) in [5, 5.41) is 13.5. The number of nitrogen functional groups attached to an aromatic ring is 1. The highest BCUT2D eigenvalue weighted by Crippen LogP contribution is 2.41. The highest BCUT2D eigenvalue weighted by molar-refractivity contribution is 7.11. The minimum atomic E-state index is 0.357. The predicted octanol–water partition coefficient (Wildman–Crippen LogP) is 11.2. The molecule has 46 heavy (non-hydrogen) atoms. The number of hydrogen-bond acceptors (Lipinski definition) is 6. The van der Waals surface area contributed by atoms with Crippen LogP contribution in [-0.2, 0) is 6.54 Å². The second-order valence-corrected chi connectivity index (χ2v) is 13.3. The van der Waals surface area contributed by atoms with Gasteiger partial charge in [0.1, 0.15) is 0 Å². The number of aliphatic hydroxyl groups excluding tert-OH is 1. The lowest BCUT2D eigenvalue weighted by atomic mass is 9.87. The number of thiophene rings is 1. The third-order valence-corrected chi connectivity index (χ3v) is 9.85. The third kappa shape index (κ3) is 14.0. The zero-order chi connectivity index (χ0) is 33.6. The van der Waals surface area contributed by atoms with Gasteiger partial charge in [-0.05, 0) is 69.7 Å². The van der Waals surface area contributed by atoms with E-state index in [2.05, 4.69) is 103 Å². The average molecular weight is 649 g/mol. The Balaban J connectivity index is 0.000000825. The predicted molar refractivity (Wildman–Crippen MR) is 203 cm³/mol. The Morgan fingerprint density at radius 3 is 2.28 bits per heavy atom. The molecule has 3 unspecified atom stereocenters. The van der Waals surface area contributed by atoms with Crippen molar-refractivity contribution in [1.29, 1.82) is 0 Å². The highest BCUT2D eigenvalue weighted by Gasteiger charge is 2.27. The number of aliphatic hydroxyl groups is 1. The number of hydrogen-bond donors (Lipinski definition) is 4. The molecule has 3 aromatic rings. The number of unbranched alkanes of at least 4 members (excludes halogenated alkanes) is 3. The smallest absolute Gasteiger partial charge is 0.0719 e. The summed E-state index contributed by atoms with van der Waals surface area (Å²) in [5.74, 6) is 6.80. The molecule has 5 N–H and O–H groups in total. The van der Waals surface area contributed by atoms with Gasteiger partial charge in [0.2, 0.25) is 0 Å². The molecule has 256 valence electrons. The van der Waals surface area contributed by atoms with Gasteiger partial charge in [-0.3, -0.25) is 10.7 Å². The molecule has 0 bridgehead atoms. The molecule has 5 nitrogen and oxygen atoms in total. The Morgan fingerprint density at radius 1 is 1.00 bits per heavy atom. The van der Waals surface area contributed by atoms with Crippen LogP contribution in [0.15, 0.2) is 72.8 Å². The van der Waals surface area contributed by atoms with Crippen molar-refractivity contribution >= 4 is 17.0 Å². The van der Waals surface area contributed by atoms with Crippen molar-refractivity contribution in [3.05, 3.63) is 88.8 Å². The Kier molecular flexibility index (Phi) is 20.3. The normalized spacial score (nSPS) is 17.8. The summed E-state index contributed by atoms with van der Waals surface area (Å²) in [5.41, 5.74) is 9.28. The van der Waals surface area contributed by atoms with Gasteiger partial charge >= 0.3 is 0 Å². The molecular formula is C40H64N4OS. The van der Waals surface area contributed by atoms with Crippen LogP contribution >= 0.6 is 11.3 Å². The fourth-order valence-corrected chi connectivity index (χ4v) is 7.14. The van der Waals surface area contributed by atoms with E-state index in [-0.39, 0.29) is 0 Å². The Bertz CT molecular complexity index is 1160. The molecule has 1 saturated carbocycles. The first-order valence-electron chi connectivity index (χ1n) is 17.9. The van der Waals surface area contributed by atoms with Crippen molar-refractivity contribution in [1.82, 2.24) is 10.2 Å². The van der Waals surface area contributed by atoms with Gasteiger partial charge in [-0.1, -0.05) is 132 Å². The van der Waals surface area contributed by atoms with Crippen molar-refractivity contribution in [2.75, 3.05) is 18.5 Å². The molecule has 1 aliphatic carbocycles. The van der Waals surface area contributed by atoms with Gasteiger partial charge in [0.05, 0.1) is 11.9 Å². The van der Waals surface area contributed by atoms with Crippen LogP contribution in [-0.4, -0.2) is 29.1 Å². The minimum absolute atomic E-state index is 0.357. The van der Waals surface area contributed by atoms with Crippen LogP contribution in [0.4, 0.5) is 5.69 Å². The first-order chi connectivity index (χ1) is 22.5. The molecule has 1 aromatic heterocycles. The maximum absolute atomic E-state index is 7.33. The topological polar surface area (TPSA) is 73.5 Å². The van der Waals surface area contributed by atoms with Crippen LogP contribution in [0.3, 0.4) is 0 Å². The fraction of sp³-hybridized carbons (Fsp3) is 0.550. The number of rotatable bonds is 12. The lowest BCUT2D eigenvalue weighted by Crippen LogP contribution is -2.41. The Labute approximate surface area is 285 Å². The number of hydrazine groups is 1. The molecule has 0 amide bonds. The number of benzene rings is 2. The molecule has 2 heterocycles. The summed E-state index contributed by atoms with van der Waals surface area (Å²) in [4.78, 5) is 4.11. The van der Waals surface area contributed by atoms with Gasteiger partial charge < -0.3 is 15.8 Å². The summed E-state index contributed by atoms with van der Waals surface area (Å²) in [7, 11) is 0. The number of nitrogens with two attached hydrogens (primary N) is 1. The van der Waals surface area contributed by atoms with E-state index >= 15 is 0 Å². The summed E-state index contributed by atoms with van der Waals surface area (Å²) >= 11 is 1.84. The van der Waals surface area contributed by atoms with Crippen molar-refractivity contribution in [3.8, 4) is 11.1 Å². The second kappa shape index (κ2) is 23.6. The molecular weight excluding hydrogens is 585 g/mol. The molecule has 1 aliphatic heterocycles. The molecule has 2 aliphatic rings. The molecule has 3 atom stereocenters. The van der Waals surface area contributed by atoms with Crippen LogP contribution < -0.4 is 16.6 Å². The highest BCUT2D eigenvalue weighted by atomic mass is 32.1. The third-order valence-electron chi connectivity index (χ3n) is 8.76. The molecule has 0 spiro atoms. The van der Waals surface area contributed by atoms with Gasteiger partial charge in [-0.2, -0.15) is 0 Å². The van der Waals surface area contributed by atoms with Gasteiger partial charge in [0.25, 0.3) is 0 Å². The molecule has 2 fully saturated rings. The van der Waals surface area contributed by atoms with Gasteiger partial charge in [-0.25, -0.2) is 0 Å². The van der Waals surface area contributed by atoms with Crippen LogP contribution in [0.25, 0.3) is 11.1 Å². The van der Waals surface area contributed by atoms with E-state index in [1.165, 1.54) is 97.9 Å². The standard InChI is InChI=1S/C33H48N4S.C3H6.C2H4O.C2H6/c1-4-5-6-10-22-37(23-27-12-8-7-9-13-27)26(3)28-14-11-15-31(35-21-20-28)33-32(36-34)30(24-38-33)29-18-16-25(2)17-19-29;1-2-3-1;1-2-3;1-2/h7-9,12-13,16-19,24,26,28,31,35-36H,4-6,10-11,14-15,20-23,34H2,1-3H3;1-3H2;2-3H,1H2;1-2H3. The Morgan fingerprint density at radius 2 is 1.67 bits per heavy atom. The summed E-state index contributed by atoms with van der Waals surface area (Å²) < 4.78 is 0. The van der Waals surface area contributed by atoms with Crippen molar-refractivity contribution in [2.45, 2.75) is 124 Å². The van der Waals surface area contributed by atoms with Crippen LogP contribution in [0.5, 0.6) is 0 Å². The van der Waals surface area contributed by atoms with E-state index < -0.39 is 0 Å². The van der Waals surface area contributed by atoms with Crippen LogP contribution in [0.1, 0.15) is 120 Å². The molecule has 6 heteroatoms. The quantitative estimate of drug-likeness (QED) is 0.0681. The van der Waals surface area contributed by atoms with E-state index in [9.17, 15) is 0 Å². The molecule has 2 aromatic carbocycles. The minimum Gasteiger partial charge on any atom is -0.516 e. The monoisotopic (exact) mass is 648 g/mol. The lowest BCUT2D eigenvalue weighted by molar-refractivity contribution is 0.125. The molecule has 5 rings (SSSR count). The van der Waals surface area contributed by atoms with Crippen LogP contribution in [0, 0.1) is 12.8 Å². The summed E-state index contributed by atoms with van der Waals surface area (Å²) in [6, 6.07) is 20.7. The maximum Gasteiger partial charge on any atom is 0.0719 e. The first-order valence-corrected chi connectivity index (χ1v) is 18.8. The zero-order valence-electron chi connectivity index (χ0n) is 29.6. The summed E-state index contributed by atoms with van der Waals surface area (Å²) in [6.07, 6.45) is 15.4. The Hall–Kier alpha value is -2.64. The average Bonchev–Trinajstić information content (AvgIpc) is 3.90. The zero-order valence-corrected chi connectivity index (χ0v) is 30.4. The number of nitrogens with one attached hydrogen (secondary N) is 2. The van der Waals surface area contributed by atoms with E-state index in [1.54, 1.807) is 0 Å². The van der Waals surface area contributed by atoms with Crippen LogP contribution in [0.2, 0.25) is 0 Å². The van der Waals surface area contributed by atoms with Crippen molar-refractivity contribution in [3.63, 3.8) is 0 Å². The van der Waals surface area contributed by atoms with Gasteiger partial charge in [0.15, 0.2) is 0 Å². The van der Waals surface area contributed by atoms with Gasteiger partial charge in [-0.15, -0.1) is 11.3 Å². The number of aryl methyl sites for hydroxylation is 1. The van der Waals surface area contributed by atoms with Gasteiger partial charge in [0, 0.05) is 34.4 Å². The maximum atomic E-state index is 7.33. The number of anilines is 1. The first kappa shape index (κ1) is 39.5. The van der Waals surface area contributed by atoms with E-state index in [4.69, 9.17) is 10.9 Å². The fourth-order valence-electron chi connectivity index (χ4n) is 5.99. The largest absolute Gasteiger partial charge is 0.516 e. The van der Waals surface area contributed by atoms with Crippen molar-refractivity contribution in [2.24, 2.45) is 11.8 Å². The SMILES string of the molecule is C1CC1.C=CO.CC.CCCCCCN(Cc1ccccc1)C(C)C1CCCC(c2scc(-c3ccc(C)cc3)c2NN)NCC1. The van der Waals surface area contributed by atoms with E-state index in [0.717, 1.165) is 37.4 Å². The van der Waals surface area contributed by atoms with E-state index in [1.807, 2.05) is 25.2 Å². The molecule has 0 radical (unpaired) electrons. The number of nitrogens with zero attached hydrogens (tertiary/aromatic N) is 1. The van der Waals surface area contributed by atoms with E-state index in [0.29, 0.717) is 12.1 Å².